The molecule has 2 heteroatoms. The van der Waals surface area contributed by atoms with Gasteiger partial charge in [-0.25, -0.2) is 0 Å². The fourth-order valence-electron chi connectivity index (χ4n) is 4.53. The van der Waals surface area contributed by atoms with Crippen molar-refractivity contribution in [3.63, 3.8) is 0 Å². The van der Waals surface area contributed by atoms with Gasteiger partial charge in [0.05, 0.1) is 6.10 Å². The van der Waals surface area contributed by atoms with Crippen LogP contribution in [-0.4, -0.2) is 29.2 Å². The van der Waals surface area contributed by atoms with Crippen molar-refractivity contribution in [2.24, 2.45) is 0 Å². The highest BCUT2D eigenvalue weighted by Crippen LogP contribution is 2.45. The van der Waals surface area contributed by atoms with Crippen molar-refractivity contribution in [2.45, 2.75) is 43.7 Å². The highest BCUT2D eigenvalue weighted by atomic mass is 16.3. The van der Waals surface area contributed by atoms with Gasteiger partial charge in [0.25, 0.3) is 0 Å². The number of nitrogens with zero attached hydrogens (tertiary/aromatic N) is 1. The van der Waals surface area contributed by atoms with Crippen LogP contribution in [0.4, 0.5) is 0 Å². The molecule has 0 saturated carbocycles. The van der Waals surface area contributed by atoms with Crippen LogP contribution in [0.25, 0.3) is 0 Å². The third kappa shape index (κ3) is 2.71. The van der Waals surface area contributed by atoms with Crippen LogP contribution < -0.4 is 0 Å². The number of benzene rings is 2. The minimum atomic E-state index is -0.184. The molecule has 4 rings (SSSR count). The van der Waals surface area contributed by atoms with Gasteiger partial charge in [0.15, 0.2) is 0 Å². The van der Waals surface area contributed by atoms with Crippen molar-refractivity contribution < 1.29 is 5.11 Å². The SMILES string of the molecule is OC1CCc2ccccc2C12CCN(Cc1ccccc1)CC2. The van der Waals surface area contributed by atoms with E-state index in [0.29, 0.717) is 0 Å². The molecule has 23 heavy (non-hydrogen) atoms. The van der Waals surface area contributed by atoms with Crippen LogP contribution in [0.15, 0.2) is 54.6 Å². The highest BCUT2D eigenvalue weighted by molar-refractivity contribution is 5.39. The summed E-state index contributed by atoms with van der Waals surface area (Å²) in [7, 11) is 0. The Hall–Kier alpha value is -1.64. The minimum Gasteiger partial charge on any atom is -0.392 e. The van der Waals surface area contributed by atoms with E-state index in [1.165, 1.54) is 16.7 Å². The van der Waals surface area contributed by atoms with Gasteiger partial charge >= 0.3 is 0 Å². The molecule has 0 aromatic heterocycles. The Kier molecular flexibility index (Phi) is 3.96. The highest BCUT2D eigenvalue weighted by Gasteiger charge is 2.45. The molecule has 1 aliphatic carbocycles. The Bertz CT molecular complexity index is 659. The topological polar surface area (TPSA) is 23.5 Å². The summed E-state index contributed by atoms with van der Waals surface area (Å²) in [5, 5.41) is 10.8. The molecule has 1 unspecified atom stereocenters. The van der Waals surface area contributed by atoms with Crippen LogP contribution in [0, 0.1) is 0 Å². The lowest BCUT2D eigenvalue weighted by Gasteiger charge is -2.48. The van der Waals surface area contributed by atoms with Gasteiger partial charge in [-0.3, -0.25) is 4.90 Å². The summed E-state index contributed by atoms with van der Waals surface area (Å²) >= 11 is 0. The predicted octanol–water partition coefficient (Wildman–Crippen LogP) is 3.53. The maximum atomic E-state index is 10.8. The Morgan fingerprint density at radius 3 is 2.43 bits per heavy atom. The average Bonchev–Trinajstić information content (AvgIpc) is 2.61. The minimum absolute atomic E-state index is 0.0119. The standard InChI is InChI=1S/C21H25NO/c23-20-11-10-18-8-4-5-9-19(18)21(20)12-14-22(15-13-21)16-17-6-2-1-3-7-17/h1-9,20,23H,10-16H2. The Morgan fingerprint density at radius 1 is 0.957 bits per heavy atom. The Balaban J connectivity index is 1.52. The summed E-state index contributed by atoms with van der Waals surface area (Å²) < 4.78 is 0. The number of hydrogen-bond acceptors (Lipinski definition) is 2. The molecule has 0 amide bonds. The lowest BCUT2D eigenvalue weighted by molar-refractivity contribution is 0.0163. The molecule has 0 radical (unpaired) electrons. The molecule has 1 aliphatic heterocycles. The van der Waals surface area contributed by atoms with E-state index >= 15 is 0 Å². The molecule has 1 N–H and O–H groups in total. The zero-order valence-electron chi connectivity index (χ0n) is 13.6. The van der Waals surface area contributed by atoms with E-state index in [9.17, 15) is 5.11 Å². The van der Waals surface area contributed by atoms with E-state index in [1.54, 1.807) is 0 Å². The summed E-state index contributed by atoms with van der Waals surface area (Å²) in [6.45, 7) is 3.16. The molecule has 1 atom stereocenters. The lowest BCUT2D eigenvalue weighted by atomic mass is 9.63. The fourth-order valence-corrected chi connectivity index (χ4v) is 4.53. The van der Waals surface area contributed by atoms with Crippen molar-refractivity contribution in [3.8, 4) is 0 Å². The molecule has 1 heterocycles. The first-order valence-corrected chi connectivity index (χ1v) is 8.81. The van der Waals surface area contributed by atoms with Crippen molar-refractivity contribution >= 4 is 0 Å². The zero-order chi connectivity index (χ0) is 15.7. The number of likely N-dealkylation sites (tertiary alicyclic amines) is 1. The fraction of sp³-hybridized carbons (Fsp3) is 0.429. The molecule has 0 bridgehead atoms. The van der Waals surface area contributed by atoms with E-state index in [1.807, 2.05) is 0 Å². The van der Waals surface area contributed by atoms with E-state index in [0.717, 1.165) is 45.3 Å². The summed E-state index contributed by atoms with van der Waals surface area (Å²) in [5.41, 5.74) is 4.24. The Morgan fingerprint density at radius 2 is 1.65 bits per heavy atom. The Labute approximate surface area is 138 Å². The largest absolute Gasteiger partial charge is 0.392 e. The van der Waals surface area contributed by atoms with Gasteiger partial charge in [0.1, 0.15) is 0 Å². The first kappa shape index (κ1) is 14.9. The summed E-state index contributed by atoms with van der Waals surface area (Å²) in [5.74, 6) is 0. The second-order valence-electron chi connectivity index (χ2n) is 7.13. The molecular weight excluding hydrogens is 282 g/mol. The maximum absolute atomic E-state index is 10.8. The van der Waals surface area contributed by atoms with Crippen molar-refractivity contribution in [3.05, 3.63) is 71.3 Å². The van der Waals surface area contributed by atoms with Crippen LogP contribution in [0.3, 0.4) is 0 Å². The normalized spacial score (nSPS) is 23.6. The molecule has 1 fully saturated rings. The molecule has 2 aromatic rings. The second-order valence-corrected chi connectivity index (χ2v) is 7.13. The monoisotopic (exact) mass is 307 g/mol. The first-order valence-electron chi connectivity index (χ1n) is 8.81. The number of aryl methyl sites for hydroxylation is 1. The van der Waals surface area contributed by atoms with Crippen molar-refractivity contribution in [1.29, 1.82) is 0 Å². The third-order valence-corrected chi connectivity index (χ3v) is 5.88. The molecule has 2 aromatic carbocycles. The van der Waals surface area contributed by atoms with E-state index in [-0.39, 0.29) is 11.5 Å². The van der Waals surface area contributed by atoms with Gasteiger partial charge < -0.3 is 5.11 Å². The number of rotatable bonds is 2. The maximum Gasteiger partial charge on any atom is 0.0641 e. The number of piperidine rings is 1. The van der Waals surface area contributed by atoms with E-state index in [2.05, 4.69) is 59.5 Å². The molecule has 1 saturated heterocycles. The smallest absolute Gasteiger partial charge is 0.0641 e. The van der Waals surface area contributed by atoms with Crippen LogP contribution >= 0.6 is 0 Å². The van der Waals surface area contributed by atoms with Crippen LogP contribution in [0.1, 0.15) is 36.0 Å². The first-order chi connectivity index (χ1) is 11.3. The number of hydrogen-bond donors (Lipinski definition) is 1. The summed E-state index contributed by atoms with van der Waals surface area (Å²) in [6, 6.07) is 19.5. The second kappa shape index (κ2) is 6.10. The van der Waals surface area contributed by atoms with Crippen molar-refractivity contribution in [2.75, 3.05) is 13.1 Å². The quantitative estimate of drug-likeness (QED) is 0.917. The number of aliphatic hydroxyl groups excluding tert-OH is 1. The third-order valence-electron chi connectivity index (χ3n) is 5.88. The molecule has 1 spiro atoms. The number of fused-ring (bicyclic) bond motifs is 2. The molecule has 2 aliphatic rings. The van der Waals surface area contributed by atoms with Crippen molar-refractivity contribution in [1.82, 2.24) is 4.90 Å². The summed E-state index contributed by atoms with van der Waals surface area (Å²) in [6.07, 6.45) is 3.88. The van der Waals surface area contributed by atoms with Gasteiger partial charge in [-0.2, -0.15) is 0 Å². The predicted molar refractivity (Wildman–Crippen MR) is 93.4 cm³/mol. The van der Waals surface area contributed by atoms with Gasteiger partial charge in [0.2, 0.25) is 0 Å². The average molecular weight is 307 g/mol. The molecule has 120 valence electrons. The lowest BCUT2D eigenvalue weighted by Crippen LogP contribution is -2.51. The van der Waals surface area contributed by atoms with E-state index < -0.39 is 0 Å². The van der Waals surface area contributed by atoms with Crippen LogP contribution in [-0.2, 0) is 18.4 Å². The van der Waals surface area contributed by atoms with Gasteiger partial charge in [0, 0.05) is 12.0 Å². The molecular formula is C21H25NO. The van der Waals surface area contributed by atoms with Crippen LogP contribution in [0.2, 0.25) is 0 Å². The number of aliphatic hydroxyl groups is 1. The zero-order valence-corrected chi connectivity index (χ0v) is 13.6. The van der Waals surface area contributed by atoms with E-state index in [4.69, 9.17) is 0 Å². The summed E-state index contributed by atoms with van der Waals surface area (Å²) in [4.78, 5) is 2.53. The van der Waals surface area contributed by atoms with Gasteiger partial charge in [-0.05, 0) is 55.5 Å². The van der Waals surface area contributed by atoms with Crippen LogP contribution in [0.5, 0.6) is 0 Å². The van der Waals surface area contributed by atoms with Gasteiger partial charge in [-0.15, -0.1) is 0 Å². The van der Waals surface area contributed by atoms with Gasteiger partial charge in [-0.1, -0.05) is 54.6 Å². The molecule has 2 nitrogen and oxygen atoms in total.